The molecule has 33 heavy (non-hydrogen) atoms. The van der Waals surface area contributed by atoms with Gasteiger partial charge in [-0.3, -0.25) is 0 Å². The van der Waals surface area contributed by atoms with Gasteiger partial charge in [-0.1, -0.05) is 75.2 Å². The van der Waals surface area contributed by atoms with Gasteiger partial charge < -0.3 is 18.9 Å². The van der Waals surface area contributed by atoms with E-state index in [0.29, 0.717) is 0 Å². The molecule has 0 aliphatic rings. The highest BCUT2D eigenvalue weighted by atomic mass is 33.5. The Labute approximate surface area is 222 Å². The van der Waals surface area contributed by atoms with E-state index in [4.69, 9.17) is 18.9 Å². The molecule has 200 valence electrons. The summed E-state index contributed by atoms with van der Waals surface area (Å²) >= 11 is 0. The van der Waals surface area contributed by atoms with Gasteiger partial charge in [-0.05, 0) is 61.2 Å². The summed E-state index contributed by atoms with van der Waals surface area (Å²) in [6.07, 6.45) is 8.69. The third-order valence-electron chi connectivity index (χ3n) is 5.21. The first-order chi connectivity index (χ1) is 16.1. The number of ether oxygens (including phenoxy) is 4. The normalized spacial score (nSPS) is 13.3. The maximum Gasteiger partial charge on any atom is 0.145 e. The summed E-state index contributed by atoms with van der Waals surface area (Å²) in [7, 11) is 5.16. The molecular weight excluding hydrogens is 505 g/mol. The molecule has 0 atom stereocenters. The van der Waals surface area contributed by atoms with Crippen LogP contribution in [0.1, 0.15) is 92.9 Å². The molecule has 0 aromatic carbocycles. The molecule has 0 bridgehead atoms. The van der Waals surface area contributed by atoms with Crippen molar-refractivity contribution in [3.05, 3.63) is 0 Å². The first kappa shape index (κ1) is 34.3. The average molecular weight is 559 g/mol. The summed E-state index contributed by atoms with van der Waals surface area (Å²) in [4.78, 5) is 0. The average Bonchev–Trinajstić information content (AvgIpc) is 2.82. The molecule has 0 aliphatic carbocycles. The van der Waals surface area contributed by atoms with E-state index in [2.05, 4.69) is 41.5 Å². The summed E-state index contributed by atoms with van der Waals surface area (Å²) in [5, 5.41) is 0. The molecule has 0 aromatic rings. The molecule has 0 amide bonds. The van der Waals surface area contributed by atoms with E-state index in [9.17, 15) is 0 Å². The fraction of sp³-hybridized carbons (Fsp3) is 1.00. The number of rotatable bonds is 26. The van der Waals surface area contributed by atoms with Crippen LogP contribution in [0.15, 0.2) is 0 Å². The van der Waals surface area contributed by atoms with Crippen LogP contribution in [0.4, 0.5) is 0 Å². The largest absolute Gasteiger partial charge is 0.354 e. The van der Waals surface area contributed by atoms with Crippen molar-refractivity contribution < 1.29 is 18.9 Å². The fourth-order valence-corrected chi connectivity index (χ4v) is 11.3. The number of hydrogen-bond donors (Lipinski definition) is 0. The molecule has 0 unspecified atom stereocenters. The summed E-state index contributed by atoms with van der Waals surface area (Å²) in [5.41, 5.74) is -0.467. The molecular formula is C24H54O4S3Si2. The lowest BCUT2D eigenvalue weighted by molar-refractivity contribution is -0.185. The molecule has 0 heterocycles. The maximum absolute atomic E-state index is 6.29. The van der Waals surface area contributed by atoms with Crippen molar-refractivity contribution in [2.75, 3.05) is 37.9 Å². The third-order valence-corrected chi connectivity index (χ3v) is 13.7. The summed E-state index contributed by atoms with van der Waals surface area (Å²) in [6, 6.07) is 2.47. The van der Waals surface area contributed by atoms with Gasteiger partial charge in [0.25, 0.3) is 0 Å². The first-order valence-corrected chi connectivity index (χ1v) is 20.8. The molecule has 0 aromatic heterocycles. The van der Waals surface area contributed by atoms with E-state index in [1.165, 1.54) is 24.9 Å². The van der Waals surface area contributed by atoms with Crippen LogP contribution in [0.3, 0.4) is 0 Å². The van der Waals surface area contributed by atoms with Gasteiger partial charge in [0.05, 0.1) is 19.0 Å². The summed E-state index contributed by atoms with van der Waals surface area (Å²) < 4.78 is 25.1. The minimum Gasteiger partial charge on any atom is -0.354 e. The van der Waals surface area contributed by atoms with Crippen LogP contribution in [0.2, 0.25) is 12.1 Å². The SMILES string of the molecule is CCCOC(CCCSSSCCCC(OCCC)(OCCC)[SiH2]CC)(OCCC)[SiH2]CC. The number of hydrogen-bond acceptors (Lipinski definition) is 7. The quantitative estimate of drug-likeness (QED) is 0.0500. The molecule has 0 saturated carbocycles. The van der Waals surface area contributed by atoms with Gasteiger partial charge in [0, 0.05) is 37.9 Å². The second-order valence-corrected chi connectivity index (χ2v) is 18.3. The van der Waals surface area contributed by atoms with Crippen LogP contribution >= 0.6 is 31.4 Å². The van der Waals surface area contributed by atoms with Crippen molar-refractivity contribution in [3.63, 3.8) is 0 Å². The topological polar surface area (TPSA) is 36.9 Å². The maximum atomic E-state index is 6.29. The van der Waals surface area contributed by atoms with Crippen LogP contribution in [0, 0.1) is 0 Å². The monoisotopic (exact) mass is 558 g/mol. The van der Waals surface area contributed by atoms with Crippen molar-refractivity contribution in [2.24, 2.45) is 0 Å². The van der Waals surface area contributed by atoms with Gasteiger partial charge in [0.15, 0.2) is 0 Å². The predicted octanol–water partition coefficient (Wildman–Crippen LogP) is 6.80. The smallest absolute Gasteiger partial charge is 0.145 e. The Kier molecular flexibility index (Phi) is 24.7. The molecule has 0 saturated heterocycles. The van der Waals surface area contributed by atoms with E-state index < -0.39 is 0 Å². The Hall–Kier alpha value is 1.32. The van der Waals surface area contributed by atoms with Crippen LogP contribution in [-0.4, -0.2) is 67.8 Å². The van der Waals surface area contributed by atoms with Gasteiger partial charge in [-0.25, -0.2) is 0 Å². The minimum atomic E-state index is -0.380. The Morgan fingerprint density at radius 2 is 0.879 bits per heavy atom. The van der Waals surface area contributed by atoms with Gasteiger partial charge in [-0.15, -0.1) is 0 Å². The summed E-state index contributed by atoms with van der Waals surface area (Å²) in [6.45, 7) is 16.6. The minimum absolute atomic E-state index is 0.234. The Morgan fingerprint density at radius 3 is 1.15 bits per heavy atom. The third kappa shape index (κ3) is 17.4. The lowest BCUT2D eigenvalue weighted by Crippen LogP contribution is -2.43. The van der Waals surface area contributed by atoms with Crippen LogP contribution in [0.25, 0.3) is 0 Å². The Bertz CT molecular complexity index is 371. The zero-order valence-corrected chi connectivity index (χ0v) is 27.9. The van der Waals surface area contributed by atoms with Crippen molar-refractivity contribution in [2.45, 2.75) is 116 Å². The van der Waals surface area contributed by atoms with E-state index >= 15 is 0 Å². The van der Waals surface area contributed by atoms with Gasteiger partial charge in [-0.2, -0.15) is 0 Å². The molecule has 0 spiro atoms. The molecule has 0 fully saturated rings. The van der Waals surface area contributed by atoms with Crippen molar-refractivity contribution >= 4 is 50.5 Å². The van der Waals surface area contributed by atoms with E-state index in [1.54, 1.807) is 0 Å². The molecule has 4 nitrogen and oxygen atoms in total. The Morgan fingerprint density at radius 1 is 0.545 bits per heavy atom. The van der Waals surface area contributed by atoms with Gasteiger partial charge in [0.2, 0.25) is 0 Å². The standard InChI is InChI=1S/C24H54O4S3Si2/c1-7-17-25-23(32-11-5,26-18-8-2)15-13-21-29-31-30-22-14-16-24(33-12-6,27-19-9-3)28-20-10-4/h7-22,32-33H2,1-6H3. The Balaban J connectivity index is 4.27. The second kappa shape index (κ2) is 23.7. The van der Waals surface area contributed by atoms with Crippen molar-refractivity contribution in [3.8, 4) is 0 Å². The van der Waals surface area contributed by atoms with E-state index in [0.717, 1.165) is 76.5 Å². The van der Waals surface area contributed by atoms with E-state index in [1.807, 2.05) is 31.4 Å². The van der Waals surface area contributed by atoms with Crippen LogP contribution in [0.5, 0.6) is 0 Å². The lowest BCUT2D eigenvalue weighted by atomic mass is 10.3. The van der Waals surface area contributed by atoms with E-state index in [-0.39, 0.29) is 29.9 Å². The highest BCUT2D eigenvalue weighted by molar-refractivity contribution is 9.09. The summed E-state index contributed by atoms with van der Waals surface area (Å²) in [5.74, 6) is 2.32. The van der Waals surface area contributed by atoms with Crippen molar-refractivity contribution in [1.82, 2.24) is 0 Å². The van der Waals surface area contributed by atoms with Crippen LogP contribution < -0.4 is 0 Å². The highest BCUT2D eigenvalue weighted by Gasteiger charge is 2.31. The molecule has 0 rings (SSSR count). The fourth-order valence-electron chi connectivity index (χ4n) is 3.73. The molecule has 0 aliphatic heterocycles. The molecule has 9 heteroatoms. The van der Waals surface area contributed by atoms with Crippen LogP contribution in [-0.2, 0) is 18.9 Å². The zero-order valence-electron chi connectivity index (χ0n) is 22.6. The predicted molar refractivity (Wildman–Crippen MR) is 159 cm³/mol. The highest BCUT2D eigenvalue weighted by Crippen LogP contribution is 2.37. The molecule has 0 radical (unpaired) electrons. The lowest BCUT2D eigenvalue weighted by Gasteiger charge is -2.34. The molecule has 0 N–H and O–H groups in total. The van der Waals surface area contributed by atoms with Gasteiger partial charge >= 0.3 is 0 Å². The first-order valence-electron chi connectivity index (χ1n) is 13.5. The van der Waals surface area contributed by atoms with Crippen molar-refractivity contribution in [1.29, 1.82) is 0 Å². The second-order valence-electron chi connectivity index (χ2n) is 8.63. The zero-order chi connectivity index (χ0) is 24.7. The van der Waals surface area contributed by atoms with Gasteiger partial charge in [0.1, 0.15) is 10.8 Å².